The number of hydrogen-bond acceptors (Lipinski definition) is 3. The summed E-state index contributed by atoms with van der Waals surface area (Å²) < 4.78 is 0. The molecule has 4 nitrogen and oxygen atoms in total. The molecule has 94 valence electrons. The molecule has 0 aliphatic carbocycles. The van der Waals surface area contributed by atoms with Crippen molar-refractivity contribution in [1.29, 1.82) is 0 Å². The Balaban J connectivity index is 0.00000144. The van der Waals surface area contributed by atoms with Gasteiger partial charge in [-0.2, -0.15) is 0 Å². The minimum absolute atomic E-state index is 0. The zero-order valence-corrected chi connectivity index (χ0v) is 10.2. The van der Waals surface area contributed by atoms with Gasteiger partial charge in [0.2, 0.25) is 0 Å². The maximum Gasteiger partial charge on any atom is 0.339 e. The highest BCUT2D eigenvalue weighted by Crippen LogP contribution is 2.27. The molecule has 17 heavy (non-hydrogen) atoms. The number of aromatic carboxylic acids is 1. The summed E-state index contributed by atoms with van der Waals surface area (Å²) in [7, 11) is 0. The average Bonchev–Trinajstić information content (AvgIpc) is 2.30. The summed E-state index contributed by atoms with van der Waals surface area (Å²) in [5.41, 5.74) is 0.916. The van der Waals surface area contributed by atoms with Crippen molar-refractivity contribution < 1.29 is 15.0 Å². The lowest BCUT2D eigenvalue weighted by molar-refractivity contribution is 0.0693. The van der Waals surface area contributed by atoms with Gasteiger partial charge in [-0.05, 0) is 37.1 Å². The number of piperidine rings is 1. The van der Waals surface area contributed by atoms with E-state index in [-0.39, 0.29) is 29.8 Å². The van der Waals surface area contributed by atoms with Crippen LogP contribution in [0.3, 0.4) is 0 Å². The topological polar surface area (TPSA) is 69.6 Å². The summed E-state index contributed by atoms with van der Waals surface area (Å²) in [6.45, 7) is 0.966. The van der Waals surface area contributed by atoms with E-state index in [9.17, 15) is 9.90 Å². The molecule has 0 saturated carbocycles. The highest BCUT2D eigenvalue weighted by molar-refractivity contribution is 5.90. The van der Waals surface area contributed by atoms with Gasteiger partial charge in [-0.3, -0.25) is 0 Å². The lowest BCUT2D eigenvalue weighted by Gasteiger charge is -2.24. The smallest absolute Gasteiger partial charge is 0.339 e. The molecule has 2 rings (SSSR count). The number of hydrogen-bond donors (Lipinski definition) is 3. The third kappa shape index (κ3) is 3.11. The fourth-order valence-electron chi connectivity index (χ4n) is 2.08. The number of aromatic hydroxyl groups is 1. The Morgan fingerprint density at radius 1 is 1.35 bits per heavy atom. The van der Waals surface area contributed by atoms with Crippen LogP contribution in [0.5, 0.6) is 5.75 Å². The molecular formula is C12H16ClNO3. The molecule has 0 spiro atoms. The van der Waals surface area contributed by atoms with Crippen LogP contribution in [0.15, 0.2) is 18.2 Å². The number of benzene rings is 1. The second kappa shape index (κ2) is 5.89. The molecule has 1 aromatic rings. The van der Waals surface area contributed by atoms with E-state index in [0.717, 1.165) is 24.9 Å². The molecule has 0 aromatic heterocycles. The molecule has 1 saturated heterocycles. The summed E-state index contributed by atoms with van der Waals surface area (Å²) in [5.74, 6) is -1.26. The first-order valence-electron chi connectivity index (χ1n) is 5.48. The standard InChI is InChI=1S/C12H15NO3.ClH/c14-11-5-4-8(7-9(11)12(15)16)10-3-1-2-6-13-10;/h4-5,7,10,13-14H,1-3,6H2,(H,15,16);1H/t10-;/m0./s1. The Labute approximate surface area is 106 Å². The minimum atomic E-state index is -1.09. The van der Waals surface area contributed by atoms with Gasteiger partial charge in [0.1, 0.15) is 11.3 Å². The first-order chi connectivity index (χ1) is 7.68. The first-order valence-corrected chi connectivity index (χ1v) is 5.48. The van der Waals surface area contributed by atoms with Crippen molar-refractivity contribution in [1.82, 2.24) is 5.32 Å². The first kappa shape index (κ1) is 13.8. The molecule has 1 aliphatic rings. The molecule has 1 heterocycles. The molecular weight excluding hydrogens is 242 g/mol. The Kier molecular flexibility index (Phi) is 4.78. The van der Waals surface area contributed by atoms with Crippen LogP contribution in [0.4, 0.5) is 0 Å². The molecule has 0 bridgehead atoms. The molecule has 1 aromatic carbocycles. The maximum absolute atomic E-state index is 10.9. The Hall–Kier alpha value is -1.26. The van der Waals surface area contributed by atoms with Gasteiger partial charge in [-0.15, -0.1) is 12.4 Å². The van der Waals surface area contributed by atoms with Crippen molar-refractivity contribution in [3.63, 3.8) is 0 Å². The number of halogens is 1. The Bertz CT molecular complexity index is 403. The second-order valence-electron chi connectivity index (χ2n) is 4.08. The van der Waals surface area contributed by atoms with E-state index in [1.165, 1.54) is 12.5 Å². The molecule has 3 N–H and O–H groups in total. The average molecular weight is 258 g/mol. The summed E-state index contributed by atoms with van der Waals surface area (Å²) in [4.78, 5) is 10.9. The zero-order chi connectivity index (χ0) is 11.5. The summed E-state index contributed by atoms with van der Waals surface area (Å²) in [6.07, 6.45) is 3.34. The van der Waals surface area contributed by atoms with Crippen molar-refractivity contribution in [2.45, 2.75) is 25.3 Å². The van der Waals surface area contributed by atoms with Gasteiger partial charge in [0, 0.05) is 6.04 Å². The van der Waals surface area contributed by atoms with Crippen LogP contribution in [0, 0.1) is 0 Å². The van der Waals surface area contributed by atoms with Crippen LogP contribution in [-0.2, 0) is 0 Å². The number of carboxylic acids is 1. The van der Waals surface area contributed by atoms with Gasteiger partial charge in [0.05, 0.1) is 0 Å². The van der Waals surface area contributed by atoms with Crippen molar-refractivity contribution in [3.8, 4) is 5.75 Å². The number of carbonyl (C=O) groups is 1. The highest BCUT2D eigenvalue weighted by atomic mass is 35.5. The summed E-state index contributed by atoms with van der Waals surface area (Å²) in [6, 6.07) is 5.01. The number of rotatable bonds is 2. The van der Waals surface area contributed by atoms with Gasteiger partial charge in [-0.25, -0.2) is 4.79 Å². The molecule has 0 radical (unpaired) electrons. The number of nitrogens with one attached hydrogen (secondary N) is 1. The van der Waals surface area contributed by atoms with Crippen molar-refractivity contribution in [2.24, 2.45) is 0 Å². The van der Waals surface area contributed by atoms with E-state index in [4.69, 9.17) is 5.11 Å². The number of phenols is 1. The van der Waals surface area contributed by atoms with Gasteiger partial charge < -0.3 is 15.5 Å². The summed E-state index contributed by atoms with van der Waals surface area (Å²) >= 11 is 0. The van der Waals surface area contributed by atoms with Crippen LogP contribution in [-0.4, -0.2) is 22.7 Å². The quantitative estimate of drug-likeness (QED) is 0.761. The van der Waals surface area contributed by atoms with Gasteiger partial charge >= 0.3 is 5.97 Å². The van der Waals surface area contributed by atoms with E-state index in [1.54, 1.807) is 12.1 Å². The predicted octanol–water partition coefficient (Wildman–Crippen LogP) is 2.33. The molecule has 0 unspecified atom stereocenters. The van der Waals surface area contributed by atoms with Crippen molar-refractivity contribution >= 4 is 18.4 Å². The van der Waals surface area contributed by atoms with Crippen LogP contribution in [0.2, 0.25) is 0 Å². The van der Waals surface area contributed by atoms with E-state index in [1.807, 2.05) is 0 Å². The Morgan fingerprint density at radius 3 is 2.71 bits per heavy atom. The molecule has 5 heteroatoms. The van der Waals surface area contributed by atoms with Gasteiger partial charge in [0.15, 0.2) is 0 Å². The number of carboxylic acid groups (broad SMARTS) is 1. The lowest BCUT2D eigenvalue weighted by Crippen LogP contribution is -2.26. The van der Waals surface area contributed by atoms with Crippen molar-refractivity contribution in [2.75, 3.05) is 6.54 Å². The van der Waals surface area contributed by atoms with Crippen LogP contribution in [0.25, 0.3) is 0 Å². The maximum atomic E-state index is 10.9. The van der Waals surface area contributed by atoms with Crippen LogP contribution in [0.1, 0.15) is 41.2 Å². The van der Waals surface area contributed by atoms with E-state index in [2.05, 4.69) is 5.32 Å². The molecule has 0 amide bonds. The molecule has 1 fully saturated rings. The predicted molar refractivity (Wildman–Crippen MR) is 66.9 cm³/mol. The van der Waals surface area contributed by atoms with E-state index in [0.29, 0.717) is 0 Å². The van der Waals surface area contributed by atoms with Crippen LogP contribution >= 0.6 is 12.4 Å². The zero-order valence-electron chi connectivity index (χ0n) is 9.35. The van der Waals surface area contributed by atoms with Crippen molar-refractivity contribution in [3.05, 3.63) is 29.3 Å². The lowest BCUT2D eigenvalue weighted by atomic mass is 9.96. The van der Waals surface area contributed by atoms with Gasteiger partial charge in [0.25, 0.3) is 0 Å². The molecule has 1 atom stereocenters. The SMILES string of the molecule is Cl.O=C(O)c1cc([C@@H]2CCCCN2)ccc1O. The van der Waals surface area contributed by atoms with E-state index < -0.39 is 5.97 Å². The van der Waals surface area contributed by atoms with Crippen LogP contribution < -0.4 is 5.32 Å². The minimum Gasteiger partial charge on any atom is -0.507 e. The third-order valence-corrected chi connectivity index (χ3v) is 2.96. The highest BCUT2D eigenvalue weighted by Gasteiger charge is 2.17. The second-order valence-corrected chi connectivity index (χ2v) is 4.08. The Morgan fingerprint density at radius 2 is 2.12 bits per heavy atom. The van der Waals surface area contributed by atoms with Gasteiger partial charge in [-0.1, -0.05) is 12.5 Å². The summed E-state index contributed by atoms with van der Waals surface area (Å²) in [5, 5.41) is 21.7. The van der Waals surface area contributed by atoms with E-state index >= 15 is 0 Å². The monoisotopic (exact) mass is 257 g/mol. The molecule has 1 aliphatic heterocycles. The largest absolute Gasteiger partial charge is 0.507 e. The fourth-order valence-corrected chi connectivity index (χ4v) is 2.08. The normalized spacial score (nSPS) is 19.4. The third-order valence-electron chi connectivity index (χ3n) is 2.96. The fraction of sp³-hybridized carbons (Fsp3) is 0.417.